The number of halogens is 2. The summed E-state index contributed by atoms with van der Waals surface area (Å²) in [6.45, 7) is 1.97. The number of hydrogen-bond donors (Lipinski definition) is 0. The second kappa shape index (κ2) is 6.45. The van der Waals surface area contributed by atoms with Gasteiger partial charge in [0.1, 0.15) is 11.5 Å². The molecule has 0 aliphatic carbocycles. The maximum Gasteiger partial charge on any atom is 0.251 e. The molecule has 0 spiro atoms. The predicted octanol–water partition coefficient (Wildman–Crippen LogP) is 5.22. The van der Waals surface area contributed by atoms with Crippen LogP contribution < -0.4 is 0 Å². The van der Waals surface area contributed by atoms with Gasteiger partial charge >= 0.3 is 0 Å². The van der Waals surface area contributed by atoms with Crippen molar-refractivity contribution in [1.82, 2.24) is 24.6 Å². The highest BCUT2D eigenvalue weighted by molar-refractivity contribution is 9.10. The number of aryl methyl sites for hydroxylation is 1. The molecule has 5 aromatic rings. The number of rotatable bonds is 2. The van der Waals surface area contributed by atoms with Gasteiger partial charge in [-0.3, -0.25) is 4.98 Å². The summed E-state index contributed by atoms with van der Waals surface area (Å²) >= 11 is 3.17. The molecule has 0 amide bonds. The van der Waals surface area contributed by atoms with Crippen LogP contribution in [0.5, 0.6) is 0 Å². The van der Waals surface area contributed by atoms with E-state index in [4.69, 9.17) is 0 Å². The highest BCUT2D eigenvalue weighted by atomic mass is 79.9. The third-order valence-electron chi connectivity index (χ3n) is 4.57. The van der Waals surface area contributed by atoms with Crippen LogP contribution in [0.1, 0.15) is 5.69 Å². The van der Waals surface area contributed by atoms with Gasteiger partial charge in [-0.1, -0.05) is 18.2 Å². The van der Waals surface area contributed by atoms with E-state index in [1.165, 1.54) is 6.07 Å². The molecule has 0 N–H and O–H groups in total. The highest BCUT2D eigenvalue weighted by Crippen LogP contribution is 2.26. The van der Waals surface area contributed by atoms with Crippen molar-refractivity contribution in [3.63, 3.8) is 0 Å². The Hall–Kier alpha value is -3.19. The second-order valence-corrected chi connectivity index (χ2v) is 7.34. The molecule has 0 aliphatic rings. The first kappa shape index (κ1) is 16.9. The van der Waals surface area contributed by atoms with Crippen LogP contribution in [-0.4, -0.2) is 24.6 Å². The van der Waals surface area contributed by atoms with E-state index in [0.717, 1.165) is 27.9 Å². The third kappa shape index (κ3) is 2.84. The second-order valence-electron chi connectivity index (χ2n) is 6.49. The maximum absolute atomic E-state index is 13.9. The smallest absolute Gasteiger partial charge is 0.251 e. The molecule has 3 aromatic heterocycles. The number of hydrogen-bond acceptors (Lipinski definition) is 4. The summed E-state index contributed by atoms with van der Waals surface area (Å²) in [7, 11) is 0. The Bertz CT molecular complexity index is 1360. The van der Waals surface area contributed by atoms with Crippen molar-refractivity contribution in [2.24, 2.45) is 0 Å². The molecule has 136 valence electrons. The first-order chi connectivity index (χ1) is 13.6. The number of fused-ring (bicyclic) bond motifs is 2. The number of benzene rings is 2. The summed E-state index contributed by atoms with van der Waals surface area (Å²) in [5.74, 6) is 0.140. The van der Waals surface area contributed by atoms with Crippen LogP contribution in [0.4, 0.5) is 4.39 Å². The zero-order chi connectivity index (χ0) is 19.3. The monoisotopic (exact) mass is 433 g/mol. The van der Waals surface area contributed by atoms with E-state index in [1.54, 1.807) is 29.0 Å². The minimum absolute atomic E-state index is 0.345. The minimum atomic E-state index is -0.345. The van der Waals surface area contributed by atoms with Crippen molar-refractivity contribution in [2.75, 3.05) is 0 Å². The lowest BCUT2D eigenvalue weighted by molar-refractivity contribution is 0.621. The first-order valence-corrected chi connectivity index (χ1v) is 9.42. The fourth-order valence-electron chi connectivity index (χ4n) is 3.15. The zero-order valence-corrected chi connectivity index (χ0v) is 16.4. The lowest BCUT2D eigenvalue weighted by atomic mass is 10.1. The number of pyridine rings is 1. The summed E-state index contributed by atoms with van der Waals surface area (Å²) in [5, 5.41) is 5.68. The summed E-state index contributed by atoms with van der Waals surface area (Å²) in [6, 6.07) is 14.9. The molecule has 5 nitrogen and oxygen atoms in total. The lowest BCUT2D eigenvalue weighted by Crippen LogP contribution is -1.99. The van der Waals surface area contributed by atoms with Crippen LogP contribution in [0.3, 0.4) is 0 Å². The van der Waals surface area contributed by atoms with Gasteiger partial charge in [0, 0.05) is 22.2 Å². The minimum Gasteiger partial charge on any atom is -0.253 e. The van der Waals surface area contributed by atoms with Gasteiger partial charge in [-0.25, -0.2) is 14.4 Å². The molecule has 0 bridgehead atoms. The molecule has 28 heavy (non-hydrogen) atoms. The van der Waals surface area contributed by atoms with Gasteiger partial charge in [0.15, 0.2) is 0 Å². The van der Waals surface area contributed by atoms with E-state index in [1.807, 2.05) is 31.2 Å². The van der Waals surface area contributed by atoms with Crippen molar-refractivity contribution in [2.45, 2.75) is 6.92 Å². The lowest BCUT2D eigenvalue weighted by Gasteiger charge is -2.06. The van der Waals surface area contributed by atoms with Gasteiger partial charge in [0.25, 0.3) is 5.78 Å². The van der Waals surface area contributed by atoms with Crippen molar-refractivity contribution >= 4 is 32.6 Å². The molecular formula is C21H13BrFN5. The molecule has 7 heteroatoms. The summed E-state index contributed by atoms with van der Waals surface area (Å²) < 4.78 is 16.0. The molecular weight excluding hydrogens is 421 g/mol. The fraction of sp³-hybridized carbons (Fsp3) is 0.0476. The van der Waals surface area contributed by atoms with Crippen molar-refractivity contribution in [1.29, 1.82) is 0 Å². The molecule has 0 aliphatic heterocycles. The van der Waals surface area contributed by atoms with Gasteiger partial charge in [-0.05, 0) is 53.2 Å². The Labute approximate surface area is 168 Å². The molecule has 0 radical (unpaired) electrons. The van der Waals surface area contributed by atoms with Gasteiger partial charge in [0.2, 0.25) is 0 Å². The van der Waals surface area contributed by atoms with E-state index in [9.17, 15) is 4.39 Å². The molecule has 0 unspecified atom stereocenters. The van der Waals surface area contributed by atoms with E-state index < -0.39 is 0 Å². The van der Waals surface area contributed by atoms with Gasteiger partial charge < -0.3 is 0 Å². The molecule has 0 fully saturated rings. The van der Waals surface area contributed by atoms with Gasteiger partial charge in [-0.15, -0.1) is 0 Å². The molecule has 5 rings (SSSR count). The number of imidazole rings is 1. The van der Waals surface area contributed by atoms with Crippen LogP contribution in [0.25, 0.3) is 39.2 Å². The average Bonchev–Trinajstić information content (AvgIpc) is 3.13. The summed E-state index contributed by atoms with van der Waals surface area (Å²) in [4.78, 5) is 13.3. The Morgan fingerprint density at radius 2 is 1.75 bits per heavy atom. The number of aromatic nitrogens is 5. The Morgan fingerprint density at radius 1 is 0.929 bits per heavy atom. The van der Waals surface area contributed by atoms with Gasteiger partial charge in [-0.2, -0.15) is 9.61 Å². The van der Waals surface area contributed by atoms with E-state index in [0.29, 0.717) is 21.5 Å². The Kier molecular flexibility index (Phi) is 3.91. The molecule has 0 saturated carbocycles. The Balaban J connectivity index is 1.66. The van der Waals surface area contributed by atoms with Crippen molar-refractivity contribution in [3.8, 4) is 22.5 Å². The maximum atomic E-state index is 13.9. The zero-order valence-electron chi connectivity index (χ0n) is 14.8. The van der Waals surface area contributed by atoms with Crippen molar-refractivity contribution in [3.05, 3.63) is 76.9 Å². The molecule has 0 atom stereocenters. The standard InChI is InChI=1S/C21H13BrFN5/c1-12-2-3-13-8-15(5-7-18(13)26-12)20-11-25-21-24-10-19(27-28(20)21)14-4-6-16(22)17(23)9-14/h2-11H,1H3. The quantitative estimate of drug-likeness (QED) is 0.383. The van der Waals surface area contributed by atoms with Crippen LogP contribution in [0.2, 0.25) is 0 Å². The number of nitrogens with zero attached hydrogens (tertiary/aromatic N) is 5. The average molecular weight is 434 g/mol. The third-order valence-corrected chi connectivity index (χ3v) is 5.21. The fourth-order valence-corrected chi connectivity index (χ4v) is 3.39. The van der Waals surface area contributed by atoms with Crippen LogP contribution in [0.15, 0.2) is 65.4 Å². The normalized spacial score (nSPS) is 11.4. The highest BCUT2D eigenvalue weighted by Gasteiger charge is 2.12. The topological polar surface area (TPSA) is 56.0 Å². The summed E-state index contributed by atoms with van der Waals surface area (Å²) in [5.41, 5.74) is 4.90. The van der Waals surface area contributed by atoms with E-state index in [-0.39, 0.29) is 5.82 Å². The van der Waals surface area contributed by atoms with Crippen molar-refractivity contribution < 1.29 is 4.39 Å². The first-order valence-electron chi connectivity index (χ1n) is 8.62. The van der Waals surface area contributed by atoms with E-state index >= 15 is 0 Å². The van der Waals surface area contributed by atoms with Crippen LogP contribution in [0, 0.1) is 12.7 Å². The SMILES string of the molecule is Cc1ccc2cc(-c3cnc4ncc(-c5ccc(Br)c(F)c5)nn34)ccc2n1. The largest absolute Gasteiger partial charge is 0.253 e. The van der Waals surface area contributed by atoms with Gasteiger partial charge in [0.05, 0.1) is 28.1 Å². The Morgan fingerprint density at radius 3 is 2.61 bits per heavy atom. The molecule has 3 heterocycles. The van der Waals surface area contributed by atoms with E-state index in [2.05, 4.69) is 42.0 Å². The molecule has 2 aromatic carbocycles. The van der Waals surface area contributed by atoms with Crippen LogP contribution in [-0.2, 0) is 0 Å². The summed E-state index contributed by atoms with van der Waals surface area (Å²) in [6.07, 6.45) is 3.34. The predicted molar refractivity (Wildman–Crippen MR) is 109 cm³/mol. The molecule has 0 saturated heterocycles. The van der Waals surface area contributed by atoms with Crippen LogP contribution >= 0.6 is 15.9 Å².